The van der Waals surface area contributed by atoms with Gasteiger partial charge in [-0.15, -0.1) is 0 Å². The molecule has 1 aromatic rings. The highest BCUT2D eigenvalue weighted by Gasteiger charge is 2.38. The summed E-state index contributed by atoms with van der Waals surface area (Å²) in [5, 5.41) is 0.0589. The van der Waals surface area contributed by atoms with Gasteiger partial charge in [0.05, 0.1) is 0 Å². The molecule has 14 heavy (non-hydrogen) atoms. The van der Waals surface area contributed by atoms with E-state index in [9.17, 15) is 13.2 Å². The van der Waals surface area contributed by atoms with Crippen molar-refractivity contribution < 1.29 is 17.9 Å². The number of ether oxygens (including phenoxy) is 1. The zero-order valence-corrected chi connectivity index (χ0v) is 7.93. The lowest BCUT2D eigenvalue weighted by atomic mass is 10.4. The molecule has 0 saturated carbocycles. The van der Waals surface area contributed by atoms with E-state index >= 15 is 0 Å². The third kappa shape index (κ3) is 2.77. The van der Waals surface area contributed by atoms with Gasteiger partial charge in [0.15, 0.2) is 6.10 Å². The Morgan fingerprint density at radius 1 is 1.50 bits per heavy atom. The van der Waals surface area contributed by atoms with Crippen LogP contribution in [0.1, 0.15) is 6.92 Å². The Morgan fingerprint density at radius 3 is 2.64 bits per heavy atom. The summed E-state index contributed by atoms with van der Waals surface area (Å²) in [6, 6.07) is 2.92. The summed E-state index contributed by atoms with van der Waals surface area (Å²) in [5.41, 5.74) is 0. The Hall–Kier alpha value is -0.970. The predicted molar refractivity (Wildman–Crippen MR) is 45.4 cm³/mol. The number of hydrogen-bond acceptors (Lipinski definition) is 2. The second-order valence-electron chi connectivity index (χ2n) is 2.59. The minimum atomic E-state index is -4.42. The lowest BCUT2D eigenvalue weighted by molar-refractivity contribution is -0.189. The Bertz CT molecular complexity index is 316. The molecule has 0 radical (unpaired) electrons. The number of aromatic nitrogens is 1. The summed E-state index contributed by atoms with van der Waals surface area (Å²) in [6.07, 6.45) is -5.03. The lowest BCUT2D eigenvalue weighted by Gasteiger charge is -2.17. The number of alkyl halides is 3. The second-order valence-corrected chi connectivity index (χ2v) is 3.00. The Kier molecular flexibility index (Phi) is 3.21. The first-order valence-electron chi connectivity index (χ1n) is 3.75. The van der Waals surface area contributed by atoms with Crippen LogP contribution in [0, 0.1) is 0 Å². The zero-order chi connectivity index (χ0) is 10.8. The number of hydrogen-bond donors (Lipinski definition) is 0. The van der Waals surface area contributed by atoms with Gasteiger partial charge in [-0.3, -0.25) is 0 Å². The fourth-order valence-electron chi connectivity index (χ4n) is 0.692. The molecule has 1 unspecified atom stereocenters. The molecule has 0 aliphatic carbocycles. The molecule has 78 valence electrons. The Balaban J connectivity index is 2.75. The molecule has 1 heterocycles. The summed E-state index contributed by atoms with van der Waals surface area (Å²) in [7, 11) is 0. The van der Waals surface area contributed by atoms with Crippen LogP contribution in [-0.4, -0.2) is 17.3 Å². The third-order valence-electron chi connectivity index (χ3n) is 1.47. The summed E-state index contributed by atoms with van der Waals surface area (Å²) in [4.78, 5) is 3.58. The quantitative estimate of drug-likeness (QED) is 0.772. The highest BCUT2D eigenvalue weighted by Crippen LogP contribution is 2.27. The molecule has 0 saturated heterocycles. The third-order valence-corrected chi connectivity index (χ3v) is 1.76. The van der Waals surface area contributed by atoms with E-state index in [1.807, 2.05) is 0 Å². The van der Waals surface area contributed by atoms with Crippen LogP contribution in [0.3, 0.4) is 0 Å². The monoisotopic (exact) mass is 225 g/mol. The van der Waals surface area contributed by atoms with Gasteiger partial charge in [-0.25, -0.2) is 4.98 Å². The molecular formula is C8H7ClF3NO. The van der Waals surface area contributed by atoms with Crippen molar-refractivity contribution in [3.8, 4) is 5.88 Å². The number of pyridine rings is 1. The van der Waals surface area contributed by atoms with E-state index in [1.165, 1.54) is 18.3 Å². The van der Waals surface area contributed by atoms with Gasteiger partial charge in [-0.1, -0.05) is 11.6 Å². The fraction of sp³-hybridized carbons (Fsp3) is 0.375. The largest absolute Gasteiger partial charge is 0.464 e. The predicted octanol–water partition coefficient (Wildman–Crippen LogP) is 3.06. The van der Waals surface area contributed by atoms with E-state index in [4.69, 9.17) is 11.6 Å². The van der Waals surface area contributed by atoms with Gasteiger partial charge in [0.1, 0.15) is 5.02 Å². The second kappa shape index (κ2) is 4.04. The Labute approximate surface area is 83.7 Å². The van der Waals surface area contributed by atoms with Gasteiger partial charge in [0.25, 0.3) is 0 Å². The molecule has 0 spiro atoms. The average Bonchev–Trinajstić information content (AvgIpc) is 2.07. The van der Waals surface area contributed by atoms with Crippen LogP contribution < -0.4 is 4.74 Å². The highest BCUT2D eigenvalue weighted by atomic mass is 35.5. The van der Waals surface area contributed by atoms with Crippen molar-refractivity contribution >= 4 is 11.6 Å². The lowest BCUT2D eigenvalue weighted by Crippen LogP contribution is -2.31. The van der Waals surface area contributed by atoms with Crippen LogP contribution in [-0.2, 0) is 0 Å². The van der Waals surface area contributed by atoms with Gasteiger partial charge >= 0.3 is 6.18 Å². The normalized spacial score (nSPS) is 13.8. The summed E-state index contributed by atoms with van der Waals surface area (Å²) in [6.45, 7) is 0.894. The highest BCUT2D eigenvalue weighted by molar-refractivity contribution is 6.31. The molecular weight excluding hydrogens is 219 g/mol. The minimum absolute atomic E-state index is 0.0589. The van der Waals surface area contributed by atoms with Crippen molar-refractivity contribution in [2.75, 3.05) is 0 Å². The first-order valence-corrected chi connectivity index (χ1v) is 4.13. The fourth-order valence-corrected chi connectivity index (χ4v) is 0.858. The van der Waals surface area contributed by atoms with Crippen molar-refractivity contribution in [3.05, 3.63) is 23.4 Å². The van der Waals surface area contributed by atoms with E-state index in [0.29, 0.717) is 0 Å². The molecule has 1 rings (SSSR count). The molecule has 1 aromatic heterocycles. The van der Waals surface area contributed by atoms with Crippen molar-refractivity contribution in [1.82, 2.24) is 4.98 Å². The van der Waals surface area contributed by atoms with E-state index in [-0.39, 0.29) is 10.9 Å². The van der Waals surface area contributed by atoms with Crippen LogP contribution in [0.25, 0.3) is 0 Å². The van der Waals surface area contributed by atoms with Crippen molar-refractivity contribution in [3.63, 3.8) is 0 Å². The molecule has 2 nitrogen and oxygen atoms in total. The van der Waals surface area contributed by atoms with Crippen molar-refractivity contribution in [1.29, 1.82) is 0 Å². The standard InChI is InChI=1S/C8H7ClF3NO/c1-5(8(10,11)12)14-7-6(9)3-2-4-13-7/h2-5H,1H3. The van der Waals surface area contributed by atoms with Crippen LogP contribution >= 0.6 is 11.6 Å². The van der Waals surface area contributed by atoms with E-state index in [1.54, 1.807) is 0 Å². The maximum absolute atomic E-state index is 12.1. The van der Waals surface area contributed by atoms with Crippen LogP contribution in [0.2, 0.25) is 5.02 Å². The Morgan fingerprint density at radius 2 is 2.14 bits per heavy atom. The molecule has 0 aliphatic heterocycles. The molecule has 0 aromatic carbocycles. The average molecular weight is 226 g/mol. The molecule has 6 heteroatoms. The van der Waals surface area contributed by atoms with Crippen LogP contribution in [0.4, 0.5) is 13.2 Å². The van der Waals surface area contributed by atoms with Crippen LogP contribution in [0.15, 0.2) is 18.3 Å². The maximum Gasteiger partial charge on any atom is 0.425 e. The first-order chi connectivity index (χ1) is 6.41. The van der Waals surface area contributed by atoms with Gasteiger partial charge in [0.2, 0.25) is 5.88 Å². The summed E-state index contributed by atoms with van der Waals surface area (Å²) < 4.78 is 40.8. The number of nitrogens with zero attached hydrogens (tertiary/aromatic N) is 1. The molecule has 0 aliphatic rings. The van der Waals surface area contributed by atoms with E-state index < -0.39 is 12.3 Å². The minimum Gasteiger partial charge on any atom is -0.464 e. The zero-order valence-electron chi connectivity index (χ0n) is 7.18. The van der Waals surface area contributed by atoms with Gasteiger partial charge in [-0.2, -0.15) is 13.2 Å². The topological polar surface area (TPSA) is 22.1 Å². The van der Waals surface area contributed by atoms with Crippen molar-refractivity contribution in [2.24, 2.45) is 0 Å². The van der Waals surface area contributed by atoms with Crippen LogP contribution in [0.5, 0.6) is 5.88 Å². The van der Waals surface area contributed by atoms with Gasteiger partial charge in [0, 0.05) is 6.20 Å². The van der Waals surface area contributed by atoms with E-state index in [0.717, 1.165) is 6.92 Å². The van der Waals surface area contributed by atoms with Gasteiger partial charge < -0.3 is 4.74 Å². The number of halogens is 4. The first kappa shape index (κ1) is 11.1. The molecule has 0 fully saturated rings. The summed E-state index contributed by atoms with van der Waals surface area (Å²) in [5.74, 6) is -0.209. The molecule has 0 amide bonds. The van der Waals surface area contributed by atoms with E-state index in [2.05, 4.69) is 9.72 Å². The number of rotatable bonds is 2. The SMILES string of the molecule is CC(Oc1ncccc1Cl)C(F)(F)F. The van der Waals surface area contributed by atoms with Crippen molar-refractivity contribution in [2.45, 2.75) is 19.2 Å². The van der Waals surface area contributed by atoms with Gasteiger partial charge in [-0.05, 0) is 19.1 Å². The molecule has 1 atom stereocenters. The molecule has 0 bridgehead atoms. The smallest absolute Gasteiger partial charge is 0.425 e. The molecule has 0 N–H and O–H groups in total. The summed E-state index contributed by atoms with van der Waals surface area (Å²) >= 11 is 5.56. The maximum atomic E-state index is 12.1.